The summed E-state index contributed by atoms with van der Waals surface area (Å²) in [6.45, 7) is 2.03. The number of anilines is 1. The summed E-state index contributed by atoms with van der Waals surface area (Å²) in [6.07, 6.45) is 2.42. The number of pyridine rings is 1. The third-order valence-corrected chi connectivity index (χ3v) is 6.21. The lowest BCUT2D eigenvalue weighted by molar-refractivity contribution is -0.131. The van der Waals surface area contributed by atoms with Gasteiger partial charge in [0.25, 0.3) is 0 Å². The molecular weight excluding hydrogens is 417 g/mol. The topological polar surface area (TPSA) is 73.9 Å². The van der Waals surface area contributed by atoms with E-state index < -0.39 is 0 Å². The standard InChI is InChI=1S/C26H26FN5O/c27-21-10-8-19(9-11-21)16-28-25-22-12-13-23(29-26(22)31-30-25)20-7-4-14-32(17-20)24(33)15-18-5-2-1-3-6-18/h1-3,5-6,8-13,20H,4,7,14-17H2,(H2,28,29,30,31)/t20-/m1/s1. The van der Waals surface area contributed by atoms with Crippen molar-refractivity contribution in [1.82, 2.24) is 20.1 Å². The number of hydrogen-bond acceptors (Lipinski definition) is 4. The van der Waals surface area contributed by atoms with E-state index in [1.165, 1.54) is 12.1 Å². The molecule has 2 aromatic heterocycles. The van der Waals surface area contributed by atoms with Gasteiger partial charge in [-0.15, -0.1) is 0 Å². The first-order valence-corrected chi connectivity index (χ1v) is 11.3. The Labute approximate surface area is 191 Å². The zero-order valence-corrected chi connectivity index (χ0v) is 18.3. The van der Waals surface area contributed by atoms with E-state index in [4.69, 9.17) is 4.98 Å². The van der Waals surface area contributed by atoms with Crippen LogP contribution in [0.4, 0.5) is 10.2 Å². The quantitative estimate of drug-likeness (QED) is 0.455. The Morgan fingerprint density at radius 1 is 1.06 bits per heavy atom. The number of aromatic nitrogens is 3. The smallest absolute Gasteiger partial charge is 0.227 e. The highest BCUT2D eigenvalue weighted by atomic mass is 19.1. The second-order valence-electron chi connectivity index (χ2n) is 8.53. The molecule has 1 fully saturated rings. The first kappa shape index (κ1) is 21.1. The van der Waals surface area contributed by atoms with Gasteiger partial charge in [0.15, 0.2) is 11.5 Å². The number of amides is 1. The van der Waals surface area contributed by atoms with Crippen LogP contribution in [0.3, 0.4) is 0 Å². The molecule has 0 unspecified atom stereocenters. The zero-order chi connectivity index (χ0) is 22.6. The number of aromatic amines is 1. The largest absolute Gasteiger partial charge is 0.364 e. The SMILES string of the molecule is O=C(Cc1ccccc1)N1CCC[C@@H](c2ccc3c(NCc4ccc(F)cc4)n[nH]c3n2)C1. The average molecular weight is 444 g/mol. The summed E-state index contributed by atoms with van der Waals surface area (Å²) < 4.78 is 13.1. The van der Waals surface area contributed by atoms with Crippen molar-refractivity contribution in [3.63, 3.8) is 0 Å². The van der Waals surface area contributed by atoms with Gasteiger partial charge in [0.1, 0.15) is 5.82 Å². The van der Waals surface area contributed by atoms with Gasteiger partial charge in [0.2, 0.25) is 5.91 Å². The van der Waals surface area contributed by atoms with Gasteiger partial charge in [-0.05, 0) is 48.2 Å². The molecule has 5 rings (SSSR count). The molecule has 4 aromatic rings. The average Bonchev–Trinajstić information content (AvgIpc) is 3.26. The van der Waals surface area contributed by atoms with Crippen molar-refractivity contribution in [3.8, 4) is 0 Å². The summed E-state index contributed by atoms with van der Waals surface area (Å²) in [6, 6.07) is 20.4. The van der Waals surface area contributed by atoms with Crippen molar-refractivity contribution >= 4 is 22.8 Å². The van der Waals surface area contributed by atoms with Crippen LogP contribution in [-0.4, -0.2) is 39.1 Å². The molecule has 33 heavy (non-hydrogen) atoms. The number of likely N-dealkylation sites (tertiary alicyclic amines) is 1. The van der Waals surface area contributed by atoms with Crippen molar-refractivity contribution in [1.29, 1.82) is 0 Å². The van der Waals surface area contributed by atoms with Crippen LogP contribution in [0.25, 0.3) is 11.0 Å². The molecule has 168 valence electrons. The molecule has 1 amide bonds. The van der Waals surface area contributed by atoms with Crippen molar-refractivity contribution in [2.24, 2.45) is 0 Å². The molecule has 7 heteroatoms. The molecule has 2 aromatic carbocycles. The minimum Gasteiger partial charge on any atom is -0.364 e. The van der Waals surface area contributed by atoms with Crippen LogP contribution in [0.15, 0.2) is 66.7 Å². The van der Waals surface area contributed by atoms with E-state index >= 15 is 0 Å². The number of rotatable bonds is 6. The van der Waals surface area contributed by atoms with Crippen LogP contribution in [0.2, 0.25) is 0 Å². The van der Waals surface area contributed by atoms with Crippen molar-refractivity contribution < 1.29 is 9.18 Å². The van der Waals surface area contributed by atoms with Crippen LogP contribution in [0.1, 0.15) is 35.6 Å². The maximum Gasteiger partial charge on any atom is 0.227 e. The third-order valence-electron chi connectivity index (χ3n) is 6.21. The third kappa shape index (κ3) is 4.87. The van der Waals surface area contributed by atoms with Crippen LogP contribution in [-0.2, 0) is 17.8 Å². The van der Waals surface area contributed by atoms with Gasteiger partial charge < -0.3 is 10.2 Å². The summed E-state index contributed by atoms with van der Waals surface area (Å²) in [5, 5.41) is 11.6. The van der Waals surface area contributed by atoms with Crippen molar-refractivity contribution in [2.75, 3.05) is 18.4 Å². The summed E-state index contributed by atoms with van der Waals surface area (Å²) in [7, 11) is 0. The second-order valence-corrected chi connectivity index (χ2v) is 8.53. The second kappa shape index (κ2) is 9.40. The monoisotopic (exact) mass is 443 g/mol. The highest BCUT2D eigenvalue weighted by Gasteiger charge is 2.26. The lowest BCUT2D eigenvalue weighted by Crippen LogP contribution is -2.40. The van der Waals surface area contributed by atoms with E-state index in [0.29, 0.717) is 19.5 Å². The number of piperidine rings is 1. The summed E-state index contributed by atoms with van der Waals surface area (Å²) in [5.41, 5.74) is 3.72. The van der Waals surface area contributed by atoms with E-state index in [9.17, 15) is 9.18 Å². The van der Waals surface area contributed by atoms with E-state index in [1.54, 1.807) is 12.1 Å². The van der Waals surface area contributed by atoms with Gasteiger partial charge in [-0.25, -0.2) is 9.37 Å². The Bertz CT molecular complexity index is 1240. The maximum absolute atomic E-state index is 13.1. The first-order valence-electron chi connectivity index (χ1n) is 11.3. The molecule has 0 aliphatic carbocycles. The molecule has 6 nitrogen and oxygen atoms in total. The van der Waals surface area contributed by atoms with Crippen LogP contribution in [0, 0.1) is 5.82 Å². The molecule has 0 bridgehead atoms. The van der Waals surface area contributed by atoms with E-state index in [1.807, 2.05) is 47.4 Å². The van der Waals surface area contributed by atoms with Gasteiger partial charge in [0, 0.05) is 31.2 Å². The number of nitrogens with zero attached hydrogens (tertiary/aromatic N) is 3. The number of fused-ring (bicyclic) bond motifs is 1. The zero-order valence-electron chi connectivity index (χ0n) is 18.3. The molecule has 1 aliphatic rings. The summed E-state index contributed by atoms with van der Waals surface area (Å²) in [5.74, 6) is 0.850. The molecular formula is C26H26FN5O. The highest BCUT2D eigenvalue weighted by Crippen LogP contribution is 2.29. The van der Waals surface area contributed by atoms with E-state index in [0.717, 1.165) is 53.1 Å². The van der Waals surface area contributed by atoms with Crippen LogP contribution < -0.4 is 5.32 Å². The predicted octanol–water partition coefficient (Wildman–Crippen LogP) is 4.66. The normalized spacial score (nSPS) is 16.2. The number of hydrogen-bond donors (Lipinski definition) is 2. The fraction of sp³-hybridized carbons (Fsp3) is 0.269. The number of carbonyl (C=O) groups is 1. The Hall–Kier alpha value is -3.74. The predicted molar refractivity (Wildman–Crippen MR) is 126 cm³/mol. The molecule has 1 saturated heterocycles. The van der Waals surface area contributed by atoms with E-state index in [2.05, 4.69) is 15.5 Å². The fourth-order valence-electron chi connectivity index (χ4n) is 4.40. The number of H-pyrrole nitrogens is 1. The van der Waals surface area contributed by atoms with E-state index in [-0.39, 0.29) is 17.6 Å². The van der Waals surface area contributed by atoms with Gasteiger partial charge in [-0.1, -0.05) is 42.5 Å². The van der Waals surface area contributed by atoms with Crippen LogP contribution in [0.5, 0.6) is 0 Å². The molecule has 3 heterocycles. The van der Waals surface area contributed by atoms with Crippen molar-refractivity contribution in [2.45, 2.75) is 31.7 Å². The lowest BCUT2D eigenvalue weighted by Gasteiger charge is -2.32. The Balaban J connectivity index is 1.25. The molecule has 0 radical (unpaired) electrons. The minimum atomic E-state index is -0.247. The van der Waals surface area contributed by atoms with Gasteiger partial charge in [0.05, 0.1) is 11.8 Å². The Kier molecular flexibility index (Phi) is 6.02. The molecule has 2 N–H and O–H groups in total. The Morgan fingerprint density at radius 2 is 1.88 bits per heavy atom. The number of benzene rings is 2. The van der Waals surface area contributed by atoms with Crippen LogP contribution >= 0.6 is 0 Å². The van der Waals surface area contributed by atoms with Gasteiger partial charge >= 0.3 is 0 Å². The lowest BCUT2D eigenvalue weighted by atomic mass is 9.93. The molecule has 1 atom stereocenters. The van der Waals surface area contributed by atoms with Crippen molar-refractivity contribution in [3.05, 3.63) is 89.4 Å². The molecule has 0 spiro atoms. The summed E-state index contributed by atoms with van der Waals surface area (Å²) in [4.78, 5) is 19.6. The first-order chi connectivity index (χ1) is 16.2. The van der Waals surface area contributed by atoms with Gasteiger partial charge in [-0.2, -0.15) is 5.10 Å². The van der Waals surface area contributed by atoms with Gasteiger partial charge in [-0.3, -0.25) is 9.89 Å². The maximum atomic E-state index is 13.1. The molecule has 0 saturated carbocycles. The highest BCUT2D eigenvalue weighted by molar-refractivity contribution is 5.87. The number of halogens is 1. The Morgan fingerprint density at radius 3 is 2.70 bits per heavy atom. The molecule has 1 aliphatic heterocycles. The summed E-state index contributed by atoms with van der Waals surface area (Å²) >= 11 is 0. The minimum absolute atomic E-state index is 0.167. The number of carbonyl (C=O) groups excluding carboxylic acids is 1. The fourth-order valence-corrected chi connectivity index (χ4v) is 4.40. The number of nitrogens with one attached hydrogen (secondary N) is 2.